The first-order valence-corrected chi connectivity index (χ1v) is 12.8. The number of hydrogen-bond acceptors (Lipinski definition) is 7. The van der Waals surface area contributed by atoms with Gasteiger partial charge < -0.3 is 0 Å². The van der Waals surface area contributed by atoms with E-state index >= 15 is 0 Å². The second-order valence-electron chi connectivity index (χ2n) is 8.66. The van der Waals surface area contributed by atoms with Crippen molar-refractivity contribution in [1.29, 1.82) is 0 Å². The molecule has 1 spiro atoms. The van der Waals surface area contributed by atoms with E-state index in [4.69, 9.17) is 10.2 Å². The Balaban J connectivity index is 1.62. The van der Waals surface area contributed by atoms with Crippen molar-refractivity contribution < 1.29 is 4.92 Å². The van der Waals surface area contributed by atoms with Crippen LogP contribution >= 0.6 is 11.8 Å². The van der Waals surface area contributed by atoms with Crippen LogP contribution in [0.4, 0.5) is 17.1 Å². The highest BCUT2D eigenvalue weighted by molar-refractivity contribution is 8.15. The van der Waals surface area contributed by atoms with Crippen molar-refractivity contribution >= 4 is 39.6 Å². The van der Waals surface area contributed by atoms with Crippen molar-refractivity contribution in [3.63, 3.8) is 0 Å². The van der Waals surface area contributed by atoms with Gasteiger partial charge in [-0.25, -0.2) is 10.0 Å². The molecule has 8 heteroatoms. The Kier molecular flexibility index (Phi) is 5.73. The SMILES string of the molecule is CCC1=NN(c2ccccc2)[C@@]2(SC(c3ccccc3)=NN2c2ccc([N+](=O)[O-])cc2)c2ccccc21. The number of nitrogens with zero attached hydrogens (tertiary/aromatic N) is 5. The number of non-ortho nitro benzene ring substituents is 1. The minimum absolute atomic E-state index is 0.0344. The van der Waals surface area contributed by atoms with E-state index in [-0.39, 0.29) is 10.6 Å². The van der Waals surface area contributed by atoms with Crippen molar-refractivity contribution in [3.05, 3.63) is 136 Å². The van der Waals surface area contributed by atoms with Gasteiger partial charge in [0.05, 0.1) is 22.0 Å². The van der Waals surface area contributed by atoms with Crippen LogP contribution in [0, 0.1) is 10.1 Å². The Labute approximate surface area is 218 Å². The Morgan fingerprint density at radius 3 is 2.05 bits per heavy atom. The second-order valence-corrected chi connectivity index (χ2v) is 9.82. The number of rotatable bonds is 5. The molecule has 0 aromatic heterocycles. The average molecular weight is 506 g/mol. The summed E-state index contributed by atoms with van der Waals surface area (Å²) >= 11 is 1.62. The lowest BCUT2D eigenvalue weighted by Crippen LogP contribution is -2.53. The molecule has 7 nitrogen and oxygen atoms in total. The third-order valence-corrected chi connectivity index (χ3v) is 7.84. The van der Waals surface area contributed by atoms with Crippen LogP contribution in [0.15, 0.2) is 119 Å². The van der Waals surface area contributed by atoms with Crippen LogP contribution in [0.25, 0.3) is 0 Å². The minimum Gasteiger partial charge on any atom is -0.258 e. The van der Waals surface area contributed by atoms with Crippen LogP contribution in [0.2, 0.25) is 0 Å². The van der Waals surface area contributed by atoms with E-state index in [0.717, 1.165) is 45.2 Å². The maximum Gasteiger partial charge on any atom is 0.269 e. The third kappa shape index (κ3) is 3.77. The predicted octanol–water partition coefficient (Wildman–Crippen LogP) is 6.95. The van der Waals surface area contributed by atoms with Gasteiger partial charge in [-0.15, -0.1) is 0 Å². The zero-order valence-electron chi connectivity index (χ0n) is 20.1. The van der Waals surface area contributed by atoms with E-state index in [9.17, 15) is 10.1 Å². The molecule has 0 unspecified atom stereocenters. The van der Waals surface area contributed by atoms with Crippen LogP contribution < -0.4 is 10.0 Å². The quantitative estimate of drug-likeness (QED) is 0.217. The van der Waals surface area contributed by atoms with Gasteiger partial charge in [0.15, 0.2) is 0 Å². The summed E-state index contributed by atoms with van der Waals surface area (Å²) in [4.78, 5) is 10.1. The van der Waals surface area contributed by atoms with Gasteiger partial charge >= 0.3 is 0 Å². The smallest absolute Gasteiger partial charge is 0.258 e. The third-order valence-electron chi connectivity index (χ3n) is 6.48. The average Bonchev–Trinajstić information content (AvgIpc) is 3.35. The Morgan fingerprint density at radius 1 is 0.784 bits per heavy atom. The molecule has 0 amide bonds. The largest absolute Gasteiger partial charge is 0.269 e. The summed E-state index contributed by atoms with van der Waals surface area (Å²) in [6.45, 7) is 2.11. The maximum absolute atomic E-state index is 11.4. The molecular formula is C29H23N5O2S. The zero-order valence-corrected chi connectivity index (χ0v) is 20.9. The van der Waals surface area contributed by atoms with Gasteiger partial charge in [0.2, 0.25) is 4.99 Å². The summed E-state index contributed by atoms with van der Waals surface area (Å²) in [7, 11) is 0. The Hall–Kier alpha value is -4.43. The summed E-state index contributed by atoms with van der Waals surface area (Å²) in [6.07, 6.45) is 0.769. The van der Waals surface area contributed by atoms with Crippen molar-refractivity contribution in [2.45, 2.75) is 18.3 Å². The number of benzene rings is 4. The molecule has 0 bridgehead atoms. The molecule has 4 aromatic carbocycles. The highest BCUT2D eigenvalue weighted by Gasteiger charge is 2.55. The number of para-hydroxylation sites is 1. The normalized spacial score (nSPS) is 18.4. The van der Waals surface area contributed by atoms with Crippen LogP contribution in [0.5, 0.6) is 0 Å². The molecule has 0 aliphatic carbocycles. The topological polar surface area (TPSA) is 74.3 Å². The Bertz CT molecular complexity index is 1520. The number of anilines is 2. The van der Waals surface area contributed by atoms with Gasteiger partial charge in [0, 0.05) is 28.8 Å². The maximum atomic E-state index is 11.4. The minimum atomic E-state index is -0.891. The van der Waals surface area contributed by atoms with Crippen LogP contribution in [0.1, 0.15) is 30.0 Å². The number of nitro benzene ring substituents is 1. The molecule has 37 heavy (non-hydrogen) atoms. The highest BCUT2D eigenvalue weighted by atomic mass is 32.2. The van der Waals surface area contributed by atoms with E-state index in [1.807, 2.05) is 82.8 Å². The lowest BCUT2D eigenvalue weighted by Gasteiger charge is -2.47. The van der Waals surface area contributed by atoms with E-state index in [2.05, 4.69) is 19.1 Å². The number of nitro groups is 1. The van der Waals surface area contributed by atoms with E-state index < -0.39 is 4.99 Å². The van der Waals surface area contributed by atoms with Gasteiger partial charge in [-0.3, -0.25) is 10.1 Å². The van der Waals surface area contributed by atoms with E-state index in [1.165, 1.54) is 12.1 Å². The van der Waals surface area contributed by atoms with Crippen LogP contribution in [-0.2, 0) is 4.99 Å². The summed E-state index contributed by atoms with van der Waals surface area (Å²) in [5, 5.41) is 26.5. The molecular weight excluding hydrogens is 482 g/mol. The van der Waals surface area contributed by atoms with Gasteiger partial charge in [0.1, 0.15) is 5.04 Å². The fourth-order valence-corrected chi connectivity index (χ4v) is 6.14. The predicted molar refractivity (Wildman–Crippen MR) is 150 cm³/mol. The van der Waals surface area contributed by atoms with Crippen molar-refractivity contribution in [3.8, 4) is 0 Å². The Morgan fingerprint density at radius 2 is 1.38 bits per heavy atom. The number of thioether (sulfide) groups is 1. The summed E-state index contributed by atoms with van der Waals surface area (Å²) in [5.41, 5.74) is 5.80. The molecule has 0 saturated carbocycles. The van der Waals surface area contributed by atoms with Crippen molar-refractivity contribution in [2.75, 3.05) is 10.0 Å². The molecule has 6 rings (SSSR count). The van der Waals surface area contributed by atoms with E-state index in [1.54, 1.807) is 23.9 Å². The first-order chi connectivity index (χ1) is 18.1. The second kappa shape index (κ2) is 9.22. The van der Waals surface area contributed by atoms with Crippen LogP contribution in [0.3, 0.4) is 0 Å². The molecule has 0 radical (unpaired) electrons. The zero-order chi connectivity index (χ0) is 25.4. The number of fused-ring (bicyclic) bond motifs is 2. The summed E-state index contributed by atoms with van der Waals surface area (Å²) < 4.78 is 0. The number of hydrazone groups is 2. The molecule has 182 valence electrons. The molecule has 0 N–H and O–H groups in total. The fraction of sp³-hybridized carbons (Fsp3) is 0.103. The van der Waals surface area contributed by atoms with E-state index in [0.29, 0.717) is 0 Å². The van der Waals surface area contributed by atoms with Gasteiger partial charge in [-0.2, -0.15) is 10.2 Å². The molecule has 2 aliphatic rings. The number of hydrogen-bond donors (Lipinski definition) is 0. The van der Waals surface area contributed by atoms with Gasteiger partial charge in [-0.1, -0.05) is 79.7 Å². The molecule has 2 aliphatic heterocycles. The molecule has 1 atom stereocenters. The van der Waals surface area contributed by atoms with Gasteiger partial charge in [-0.05, 0) is 42.4 Å². The molecule has 2 heterocycles. The van der Waals surface area contributed by atoms with Crippen LogP contribution in [-0.4, -0.2) is 15.7 Å². The summed E-state index contributed by atoms with van der Waals surface area (Å²) in [5.74, 6) is 0. The molecule has 4 aromatic rings. The standard InChI is InChI=1S/C29H23N5O2S/c1-2-27-25-15-9-10-16-26(25)29(32(30-27)22-13-7-4-8-14-22)33(23-17-19-24(20-18-23)34(35)36)31-28(37-29)21-11-5-3-6-12-21/h3-20H,2H2,1H3/t29-/m0/s1. The lowest BCUT2D eigenvalue weighted by atomic mass is 9.96. The lowest BCUT2D eigenvalue weighted by molar-refractivity contribution is -0.384. The molecule has 0 saturated heterocycles. The van der Waals surface area contributed by atoms with Gasteiger partial charge in [0.25, 0.3) is 5.69 Å². The first kappa shape index (κ1) is 23.0. The summed E-state index contributed by atoms with van der Waals surface area (Å²) in [6, 6.07) is 35.0. The fourth-order valence-electron chi connectivity index (χ4n) is 4.74. The highest BCUT2D eigenvalue weighted by Crippen LogP contribution is 2.55. The first-order valence-electron chi connectivity index (χ1n) is 12.0. The van der Waals surface area contributed by atoms with Crippen molar-refractivity contribution in [2.24, 2.45) is 10.2 Å². The van der Waals surface area contributed by atoms with Crippen molar-refractivity contribution in [1.82, 2.24) is 0 Å². The molecule has 0 fully saturated rings. The monoisotopic (exact) mass is 505 g/mol.